The normalized spacial score (nSPS) is 16.0. The first-order valence-electron chi connectivity index (χ1n) is 9.16. The molecule has 1 fully saturated rings. The van der Waals surface area contributed by atoms with Gasteiger partial charge in [-0.05, 0) is 42.5 Å². The molecule has 2 aromatic heterocycles. The van der Waals surface area contributed by atoms with E-state index in [1.165, 1.54) is 5.56 Å². The molecular formula is C20H18N6O. The molecule has 0 bridgehead atoms. The minimum atomic E-state index is 0.299. The summed E-state index contributed by atoms with van der Waals surface area (Å²) in [5.74, 6) is 1.46. The van der Waals surface area contributed by atoms with Crippen LogP contribution in [0.4, 0.5) is 17.5 Å². The van der Waals surface area contributed by atoms with E-state index in [1.54, 1.807) is 6.20 Å². The van der Waals surface area contributed by atoms with Crippen molar-refractivity contribution in [3.8, 4) is 6.07 Å². The van der Waals surface area contributed by atoms with Crippen LogP contribution in [0.1, 0.15) is 36.0 Å². The number of nitrogens with zero attached hydrogens (tertiary/aromatic N) is 3. The second kappa shape index (κ2) is 6.09. The van der Waals surface area contributed by atoms with Gasteiger partial charge in [-0.15, -0.1) is 0 Å². The molecule has 7 heteroatoms. The van der Waals surface area contributed by atoms with Crippen molar-refractivity contribution in [1.82, 2.24) is 15.0 Å². The number of nitriles is 1. The van der Waals surface area contributed by atoms with Crippen molar-refractivity contribution in [2.75, 3.05) is 10.6 Å². The van der Waals surface area contributed by atoms with Crippen molar-refractivity contribution in [1.29, 1.82) is 5.26 Å². The average molecular weight is 358 g/mol. The molecule has 0 amide bonds. The highest BCUT2D eigenvalue weighted by Crippen LogP contribution is 2.31. The Kier molecular flexibility index (Phi) is 3.57. The number of anilines is 3. The van der Waals surface area contributed by atoms with Gasteiger partial charge in [0.1, 0.15) is 23.3 Å². The Labute approximate surface area is 155 Å². The highest BCUT2D eigenvalue weighted by molar-refractivity contribution is 5.94. The fourth-order valence-electron chi connectivity index (χ4n) is 3.52. The molecule has 5 rings (SSSR count). The fraction of sp³-hybridized carbons (Fsp3) is 0.300. The number of hydrogen-bond acceptors (Lipinski definition) is 6. The monoisotopic (exact) mass is 358 g/mol. The first-order valence-corrected chi connectivity index (χ1v) is 9.16. The summed E-state index contributed by atoms with van der Waals surface area (Å²) in [5, 5.41) is 16.7. The quantitative estimate of drug-likeness (QED) is 0.661. The van der Waals surface area contributed by atoms with Crippen LogP contribution in [0.5, 0.6) is 0 Å². The van der Waals surface area contributed by atoms with E-state index in [2.05, 4.69) is 37.7 Å². The molecule has 0 spiro atoms. The van der Waals surface area contributed by atoms with Gasteiger partial charge in [0.05, 0.1) is 10.9 Å². The SMILES string of the molecule is N#Cc1c[nH]c2nc(Nc3ccc4c(c3)CCC(=O)C4)nc(NC3CC3)c12. The number of H-pyrrole nitrogens is 1. The molecule has 0 unspecified atom stereocenters. The number of nitrogens with one attached hydrogen (secondary N) is 3. The summed E-state index contributed by atoms with van der Waals surface area (Å²) < 4.78 is 0. The third kappa shape index (κ3) is 2.99. The summed E-state index contributed by atoms with van der Waals surface area (Å²) in [6.07, 6.45) is 5.80. The maximum atomic E-state index is 11.6. The predicted molar refractivity (Wildman–Crippen MR) is 102 cm³/mol. The minimum absolute atomic E-state index is 0.299. The van der Waals surface area contributed by atoms with Crippen molar-refractivity contribution < 1.29 is 4.79 Å². The second-order valence-corrected chi connectivity index (χ2v) is 7.18. The summed E-state index contributed by atoms with van der Waals surface area (Å²) in [6.45, 7) is 0. The number of aromatic amines is 1. The maximum Gasteiger partial charge on any atom is 0.231 e. The van der Waals surface area contributed by atoms with Crippen LogP contribution >= 0.6 is 0 Å². The van der Waals surface area contributed by atoms with Crippen LogP contribution in [-0.2, 0) is 17.6 Å². The summed E-state index contributed by atoms with van der Waals surface area (Å²) in [7, 11) is 0. The van der Waals surface area contributed by atoms with E-state index < -0.39 is 0 Å². The topological polar surface area (TPSA) is 106 Å². The van der Waals surface area contributed by atoms with Crippen molar-refractivity contribution in [2.45, 2.75) is 38.1 Å². The third-order valence-electron chi connectivity index (χ3n) is 5.09. The van der Waals surface area contributed by atoms with E-state index in [0.29, 0.717) is 47.6 Å². The lowest BCUT2D eigenvalue weighted by Crippen LogP contribution is -2.13. The predicted octanol–water partition coefficient (Wildman–Crippen LogP) is 3.21. The molecular weight excluding hydrogens is 340 g/mol. The zero-order chi connectivity index (χ0) is 18.4. The second-order valence-electron chi connectivity index (χ2n) is 7.18. The molecule has 0 radical (unpaired) electrons. The number of Topliss-reactive ketones (excluding diaryl/α,β-unsaturated/α-hetero) is 1. The summed E-state index contributed by atoms with van der Waals surface area (Å²) >= 11 is 0. The molecule has 134 valence electrons. The molecule has 2 heterocycles. The van der Waals surface area contributed by atoms with Gasteiger partial charge in [0, 0.05) is 30.8 Å². The largest absolute Gasteiger partial charge is 0.367 e. The van der Waals surface area contributed by atoms with Gasteiger partial charge in [-0.2, -0.15) is 15.2 Å². The maximum absolute atomic E-state index is 11.6. The van der Waals surface area contributed by atoms with E-state index in [4.69, 9.17) is 0 Å². The molecule has 27 heavy (non-hydrogen) atoms. The molecule has 0 atom stereocenters. The fourth-order valence-corrected chi connectivity index (χ4v) is 3.52. The Morgan fingerprint density at radius 2 is 2.07 bits per heavy atom. The van der Waals surface area contributed by atoms with Gasteiger partial charge in [-0.1, -0.05) is 6.07 Å². The zero-order valence-corrected chi connectivity index (χ0v) is 14.7. The number of carbonyl (C=O) groups excluding carboxylic acids is 1. The van der Waals surface area contributed by atoms with Crippen molar-refractivity contribution in [3.05, 3.63) is 41.1 Å². The van der Waals surface area contributed by atoms with E-state index in [9.17, 15) is 10.1 Å². The van der Waals surface area contributed by atoms with Gasteiger partial charge in [0.25, 0.3) is 0 Å². The summed E-state index contributed by atoms with van der Waals surface area (Å²) in [5.41, 5.74) is 4.37. The van der Waals surface area contributed by atoms with Crippen LogP contribution < -0.4 is 10.6 Å². The number of benzene rings is 1. The summed E-state index contributed by atoms with van der Waals surface area (Å²) in [4.78, 5) is 23.8. The average Bonchev–Trinajstić information content (AvgIpc) is 3.38. The number of fused-ring (bicyclic) bond motifs is 2. The number of aromatic nitrogens is 3. The van der Waals surface area contributed by atoms with E-state index in [1.807, 2.05) is 12.1 Å². The summed E-state index contributed by atoms with van der Waals surface area (Å²) in [6, 6.07) is 8.63. The van der Waals surface area contributed by atoms with E-state index in [0.717, 1.165) is 35.9 Å². The Bertz CT molecular complexity index is 1110. The van der Waals surface area contributed by atoms with Gasteiger partial charge in [-0.3, -0.25) is 4.79 Å². The van der Waals surface area contributed by atoms with Gasteiger partial charge >= 0.3 is 0 Å². The van der Waals surface area contributed by atoms with Gasteiger partial charge in [-0.25, -0.2) is 0 Å². The van der Waals surface area contributed by atoms with Crippen LogP contribution in [0.3, 0.4) is 0 Å². The molecule has 1 saturated carbocycles. The highest BCUT2D eigenvalue weighted by Gasteiger charge is 2.24. The van der Waals surface area contributed by atoms with Crippen LogP contribution in [0, 0.1) is 11.3 Å². The lowest BCUT2D eigenvalue weighted by molar-refractivity contribution is -0.118. The number of hydrogen-bond donors (Lipinski definition) is 3. The van der Waals surface area contributed by atoms with Crippen LogP contribution in [0.25, 0.3) is 11.0 Å². The molecule has 0 saturated heterocycles. The minimum Gasteiger partial charge on any atom is -0.367 e. The Hall–Kier alpha value is -3.40. The van der Waals surface area contributed by atoms with Crippen molar-refractivity contribution in [3.63, 3.8) is 0 Å². The number of rotatable bonds is 4. The lowest BCUT2D eigenvalue weighted by atomic mass is 9.90. The van der Waals surface area contributed by atoms with Crippen molar-refractivity contribution in [2.24, 2.45) is 0 Å². The first-order chi connectivity index (χ1) is 13.2. The molecule has 1 aromatic carbocycles. The molecule has 2 aliphatic rings. The highest BCUT2D eigenvalue weighted by atomic mass is 16.1. The molecule has 2 aliphatic carbocycles. The number of ketones is 1. The third-order valence-corrected chi connectivity index (χ3v) is 5.09. The Balaban J connectivity index is 1.50. The standard InChI is InChI=1S/C20H18N6O/c21-9-13-10-22-18-17(13)19(23-14-4-5-14)26-20(25-18)24-15-3-1-12-8-16(27)6-2-11(12)7-15/h1,3,7,10,14H,2,4-6,8H2,(H3,22,23,24,25,26). The van der Waals surface area contributed by atoms with E-state index >= 15 is 0 Å². The lowest BCUT2D eigenvalue weighted by Gasteiger charge is -2.16. The Morgan fingerprint density at radius 3 is 2.89 bits per heavy atom. The molecule has 7 nitrogen and oxygen atoms in total. The van der Waals surface area contributed by atoms with E-state index in [-0.39, 0.29) is 0 Å². The first kappa shape index (κ1) is 15.8. The molecule has 0 aliphatic heterocycles. The van der Waals surface area contributed by atoms with Crippen molar-refractivity contribution >= 4 is 34.3 Å². The van der Waals surface area contributed by atoms with Gasteiger partial charge in [0.2, 0.25) is 5.95 Å². The van der Waals surface area contributed by atoms with Gasteiger partial charge in [0.15, 0.2) is 0 Å². The zero-order valence-electron chi connectivity index (χ0n) is 14.7. The van der Waals surface area contributed by atoms with Crippen LogP contribution in [0.15, 0.2) is 24.4 Å². The smallest absolute Gasteiger partial charge is 0.231 e. The van der Waals surface area contributed by atoms with Crippen LogP contribution in [0.2, 0.25) is 0 Å². The molecule has 3 N–H and O–H groups in total. The van der Waals surface area contributed by atoms with Gasteiger partial charge < -0.3 is 15.6 Å². The molecule has 3 aromatic rings. The van der Waals surface area contributed by atoms with Crippen LogP contribution in [-0.4, -0.2) is 26.8 Å². The Morgan fingerprint density at radius 1 is 1.19 bits per heavy atom. The number of carbonyl (C=O) groups is 1. The number of aryl methyl sites for hydroxylation is 1.